The number of alkyl halides is 3. The van der Waals surface area contributed by atoms with Gasteiger partial charge in [0, 0.05) is 12.6 Å². The maximum atomic E-state index is 13.2. The molecule has 3 heterocycles. The van der Waals surface area contributed by atoms with Crippen molar-refractivity contribution >= 4 is 5.91 Å². The minimum atomic E-state index is -4.72. The van der Waals surface area contributed by atoms with Crippen LogP contribution in [0.5, 0.6) is 11.6 Å². The Balaban J connectivity index is 0.933. The molecule has 1 aromatic carbocycles. The fraction of sp³-hybridized carbons (Fsp3) is 0.550. The van der Waals surface area contributed by atoms with Gasteiger partial charge in [0.1, 0.15) is 29.3 Å². The number of nitrogens with zero attached hydrogens (tertiary/aromatic N) is 3. The monoisotopic (exact) mass is 750 g/mol. The number of ether oxygens (including phenoxy) is 2. The normalized spacial score (nSPS) is 33.0. The number of carbonyl (C=O) groups is 1. The summed E-state index contributed by atoms with van der Waals surface area (Å²) in [5.41, 5.74) is 0.620. The fourth-order valence-corrected chi connectivity index (χ4v) is 9.49. The second-order valence-electron chi connectivity index (χ2n) is 15.4. The first-order chi connectivity index (χ1) is 25.7. The number of phenols is 1. The number of aliphatic hydroxyl groups excluding tert-OH is 2. The van der Waals surface area contributed by atoms with Crippen LogP contribution in [-0.4, -0.2) is 84.2 Å². The first-order valence-corrected chi connectivity index (χ1v) is 18.6. The number of aryl methyl sites for hydroxylation is 1. The third-order valence-electron chi connectivity index (χ3n) is 12.4. The predicted molar refractivity (Wildman–Crippen MR) is 188 cm³/mol. The van der Waals surface area contributed by atoms with E-state index in [-0.39, 0.29) is 16.8 Å². The Labute approximate surface area is 311 Å². The van der Waals surface area contributed by atoms with Crippen LogP contribution in [-0.2, 0) is 17.3 Å². The standard InChI is InChI=1S/C40H45F3N4O7/c1-22-34(49)35(50)36(54-33-6-3-5-32(45-33)40(41,42)43)31(53-22)14-9-24-8-13-30(47-46-24)37(51)44-20-4-17-39(52)19-16-29-28-11-7-23-21-25(48)10-12-26(23)27(28)15-18-38(29,39)2/h3,5-6,8,10,12-13,21-22,27-29,31,34-36,48-50,52H,4,7,11,15-20H2,1-2H3,(H,44,51)/t22-,27-,28-,29+,31-,34+,35+,36+,38+,39+/m1/s1. The number of carbonyl (C=O) groups excluding carboxylic acids is 1. The lowest BCUT2D eigenvalue weighted by molar-refractivity contribution is -0.195. The zero-order valence-corrected chi connectivity index (χ0v) is 30.1. The van der Waals surface area contributed by atoms with Gasteiger partial charge in [-0.3, -0.25) is 4.79 Å². The molecule has 2 aromatic heterocycles. The zero-order valence-electron chi connectivity index (χ0n) is 30.1. The summed E-state index contributed by atoms with van der Waals surface area (Å²) in [6.45, 7) is 4.11. The van der Waals surface area contributed by atoms with E-state index in [1.165, 1.54) is 36.2 Å². The van der Waals surface area contributed by atoms with Gasteiger partial charge in [-0.05, 0) is 129 Å². The maximum Gasteiger partial charge on any atom is 0.433 e. The first kappa shape index (κ1) is 38.0. The molecule has 3 aliphatic carbocycles. The molecule has 0 bridgehead atoms. The van der Waals surface area contributed by atoms with Crippen LogP contribution in [0.2, 0.25) is 0 Å². The molecule has 0 spiro atoms. The summed E-state index contributed by atoms with van der Waals surface area (Å²) in [6, 6.07) is 11.8. The van der Waals surface area contributed by atoms with Gasteiger partial charge in [0.05, 0.1) is 11.7 Å². The number of pyridine rings is 1. The lowest BCUT2D eigenvalue weighted by Gasteiger charge is -2.53. The largest absolute Gasteiger partial charge is 0.508 e. The number of nitrogens with one attached hydrogen (secondary N) is 1. The van der Waals surface area contributed by atoms with E-state index in [0.29, 0.717) is 42.9 Å². The van der Waals surface area contributed by atoms with E-state index >= 15 is 0 Å². The Morgan fingerprint density at radius 2 is 1.89 bits per heavy atom. The number of aromatic hydroxyl groups is 1. The van der Waals surface area contributed by atoms with Crippen molar-refractivity contribution in [3.8, 4) is 23.5 Å². The van der Waals surface area contributed by atoms with Gasteiger partial charge in [-0.15, -0.1) is 10.2 Å². The smallest absolute Gasteiger partial charge is 0.433 e. The van der Waals surface area contributed by atoms with Gasteiger partial charge in [0.15, 0.2) is 17.9 Å². The highest BCUT2D eigenvalue weighted by Crippen LogP contribution is 2.65. The summed E-state index contributed by atoms with van der Waals surface area (Å²) in [6.07, 6.45) is -4.26. The van der Waals surface area contributed by atoms with Gasteiger partial charge in [-0.1, -0.05) is 25.0 Å². The van der Waals surface area contributed by atoms with Crippen molar-refractivity contribution in [1.29, 1.82) is 0 Å². The maximum absolute atomic E-state index is 13.2. The van der Waals surface area contributed by atoms with Crippen LogP contribution in [0.3, 0.4) is 0 Å². The number of benzene rings is 1. The van der Waals surface area contributed by atoms with Crippen LogP contribution in [0.25, 0.3) is 0 Å². The van der Waals surface area contributed by atoms with Crippen LogP contribution in [0.15, 0.2) is 48.5 Å². The molecule has 10 atom stereocenters. The van der Waals surface area contributed by atoms with E-state index < -0.39 is 59.8 Å². The van der Waals surface area contributed by atoms with E-state index in [1.807, 2.05) is 6.07 Å². The Bertz CT molecular complexity index is 1920. The summed E-state index contributed by atoms with van der Waals surface area (Å²) >= 11 is 0. The molecule has 288 valence electrons. The predicted octanol–water partition coefficient (Wildman–Crippen LogP) is 4.70. The van der Waals surface area contributed by atoms with E-state index in [1.54, 1.807) is 6.07 Å². The quantitative estimate of drug-likeness (QED) is 0.169. The van der Waals surface area contributed by atoms with Crippen LogP contribution in [0.4, 0.5) is 13.2 Å². The Kier molecular flexibility index (Phi) is 10.4. The lowest BCUT2D eigenvalue weighted by atomic mass is 9.53. The van der Waals surface area contributed by atoms with E-state index in [2.05, 4.69) is 45.3 Å². The van der Waals surface area contributed by atoms with Crippen LogP contribution in [0, 0.1) is 29.1 Å². The summed E-state index contributed by atoms with van der Waals surface area (Å²) in [7, 11) is 0. The molecule has 1 saturated heterocycles. The molecule has 4 aliphatic rings. The second-order valence-corrected chi connectivity index (χ2v) is 15.4. The van der Waals surface area contributed by atoms with Gasteiger partial charge < -0.3 is 35.2 Å². The Morgan fingerprint density at radius 3 is 2.65 bits per heavy atom. The molecule has 3 aromatic rings. The topological polar surface area (TPSA) is 167 Å². The summed E-state index contributed by atoms with van der Waals surface area (Å²) in [5, 5.41) is 54.0. The minimum Gasteiger partial charge on any atom is -0.508 e. The van der Waals surface area contributed by atoms with Gasteiger partial charge in [0.2, 0.25) is 5.88 Å². The molecule has 0 radical (unpaired) electrons. The van der Waals surface area contributed by atoms with Crippen molar-refractivity contribution in [2.45, 2.75) is 113 Å². The zero-order chi connectivity index (χ0) is 38.4. The Hall–Kier alpha value is -4.29. The highest BCUT2D eigenvalue weighted by Gasteiger charge is 2.61. The molecule has 54 heavy (non-hydrogen) atoms. The van der Waals surface area contributed by atoms with E-state index in [9.17, 15) is 38.4 Å². The number of aromatic nitrogens is 3. The number of hydrogen-bond donors (Lipinski definition) is 5. The van der Waals surface area contributed by atoms with Crippen molar-refractivity contribution in [2.75, 3.05) is 6.54 Å². The third kappa shape index (κ3) is 7.26. The summed E-state index contributed by atoms with van der Waals surface area (Å²) in [4.78, 5) is 16.4. The van der Waals surface area contributed by atoms with E-state index in [0.717, 1.165) is 50.7 Å². The SMILES string of the molecule is C[C@H]1O[C@H](C#Cc2ccc(C(=O)NCCC[C@]3(O)CC[C@H]4[C@@H]5CCc6cc(O)ccc6[C@H]5CC[C@@]43C)nn2)[C@H](Oc2cccc(C(F)(F)F)n2)[C@@H](O)[C@H]1O. The highest BCUT2D eigenvalue weighted by atomic mass is 19.4. The molecule has 14 heteroatoms. The van der Waals surface area contributed by atoms with Gasteiger partial charge in [0.25, 0.3) is 5.91 Å². The minimum absolute atomic E-state index is 0.0642. The second kappa shape index (κ2) is 14.7. The summed E-state index contributed by atoms with van der Waals surface area (Å²) in [5.74, 6) is 6.32. The molecule has 0 unspecified atom stereocenters. The Morgan fingerprint density at radius 1 is 1.07 bits per heavy atom. The first-order valence-electron chi connectivity index (χ1n) is 18.6. The van der Waals surface area contributed by atoms with Gasteiger partial charge in [-0.2, -0.15) is 13.2 Å². The molecule has 1 aliphatic heterocycles. The number of amides is 1. The van der Waals surface area contributed by atoms with Gasteiger partial charge >= 0.3 is 6.18 Å². The molecular weight excluding hydrogens is 705 g/mol. The molecule has 3 fully saturated rings. The van der Waals surface area contributed by atoms with E-state index in [4.69, 9.17) is 9.47 Å². The van der Waals surface area contributed by atoms with Gasteiger partial charge in [-0.25, -0.2) is 4.98 Å². The van der Waals surface area contributed by atoms with Crippen LogP contribution in [0.1, 0.15) is 97.7 Å². The highest BCUT2D eigenvalue weighted by molar-refractivity contribution is 5.92. The van der Waals surface area contributed by atoms with Crippen molar-refractivity contribution in [2.24, 2.45) is 17.3 Å². The number of fused-ring (bicyclic) bond motifs is 5. The van der Waals surface area contributed by atoms with Crippen LogP contribution < -0.4 is 10.1 Å². The number of aliphatic hydroxyl groups is 3. The molecule has 11 nitrogen and oxygen atoms in total. The van der Waals surface area contributed by atoms with Crippen molar-refractivity contribution in [3.05, 3.63) is 76.7 Å². The molecule has 2 saturated carbocycles. The molecule has 1 amide bonds. The average Bonchev–Trinajstić information content (AvgIpc) is 3.42. The van der Waals surface area contributed by atoms with Crippen LogP contribution >= 0.6 is 0 Å². The number of rotatable bonds is 7. The lowest BCUT2D eigenvalue weighted by Crippen LogP contribution is -2.58. The third-order valence-corrected chi connectivity index (χ3v) is 12.4. The summed E-state index contributed by atoms with van der Waals surface area (Å²) < 4.78 is 50.8. The number of hydrogen-bond acceptors (Lipinski definition) is 10. The molecule has 7 rings (SSSR count). The van der Waals surface area contributed by atoms with Crippen molar-refractivity contribution in [1.82, 2.24) is 20.5 Å². The number of halogens is 3. The number of phenolic OH excluding ortho intramolecular Hbond substituents is 1. The molecular formula is C40H45F3N4O7. The fourth-order valence-electron chi connectivity index (χ4n) is 9.49. The van der Waals surface area contributed by atoms with Crippen molar-refractivity contribution < 1.29 is 47.9 Å². The van der Waals surface area contributed by atoms with Crippen molar-refractivity contribution in [3.63, 3.8) is 0 Å². The average molecular weight is 751 g/mol. The molecule has 5 N–H and O–H groups in total.